The molecule has 1 heterocycles. The molecule has 0 fully saturated rings. The van der Waals surface area contributed by atoms with Crippen LogP contribution in [-0.2, 0) is 6.42 Å². The number of carbonyl (C=O) groups is 1. The zero-order chi connectivity index (χ0) is 19.9. The predicted octanol–water partition coefficient (Wildman–Crippen LogP) is 3.82. The number of carbonyl (C=O) groups excluding carboxylic acids is 1. The fourth-order valence-corrected chi connectivity index (χ4v) is 2.87. The van der Waals surface area contributed by atoms with E-state index in [9.17, 15) is 4.79 Å². The number of para-hydroxylation sites is 1. The van der Waals surface area contributed by atoms with Crippen molar-refractivity contribution in [2.45, 2.75) is 20.3 Å². The molecule has 0 atom stereocenters. The number of aryl methyl sites for hydroxylation is 2. The lowest BCUT2D eigenvalue weighted by atomic mass is 10.1. The largest absolute Gasteiger partial charge is 0.496 e. The number of anilines is 2. The summed E-state index contributed by atoms with van der Waals surface area (Å²) in [5, 5.41) is 6.16. The van der Waals surface area contributed by atoms with E-state index in [1.165, 1.54) is 6.33 Å². The molecule has 3 aromatic rings. The molecule has 144 valence electrons. The maximum atomic E-state index is 12.5. The normalized spacial score (nSPS) is 10.4. The van der Waals surface area contributed by atoms with Crippen molar-refractivity contribution in [3.05, 3.63) is 77.2 Å². The van der Waals surface area contributed by atoms with Crippen molar-refractivity contribution in [1.29, 1.82) is 0 Å². The van der Waals surface area contributed by atoms with E-state index in [1.807, 2.05) is 50.2 Å². The van der Waals surface area contributed by atoms with Gasteiger partial charge in [-0.25, -0.2) is 9.97 Å². The van der Waals surface area contributed by atoms with Crippen LogP contribution in [0.2, 0.25) is 0 Å². The molecule has 1 aromatic heterocycles. The van der Waals surface area contributed by atoms with Crippen molar-refractivity contribution in [1.82, 2.24) is 15.3 Å². The average molecular weight is 376 g/mol. The summed E-state index contributed by atoms with van der Waals surface area (Å²) in [6, 6.07) is 15.6. The lowest BCUT2D eigenvalue weighted by Gasteiger charge is -2.11. The summed E-state index contributed by atoms with van der Waals surface area (Å²) in [5.41, 5.74) is 4.58. The molecule has 6 heteroatoms. The molecule has 28 heavy (non-hydrogen) atoms. The number of methoxy groups -OCH3 is 1. The van der Waals surface area contributed by atoms with Gasteiger partial charge in [-0.3, -0.25) is 4.79 Å². The molecule has 6 nitrogen and oxygen atoms in total. The van der Waals surface area contributed by atoms with Crippen molar-refractivity contribution in [2.24, 2.45) is 0 Å². The minimum atomic E-state index is -0.235. The first kappa shape index (κ1) is 19.4. The van der Waals surface area contributed by atoms with Gasteiger partial charge in [0.1, 0.15) is 23.6 Å². The fourth-order valence-electron chi connectivity index (χ4n) is 2.87. The number of hydrogen-bond donors (Lipinski definition) is 2. The van der Waals surface area contributed by atoms with Crippen molar-refractivity contribution in [3.63, 3.8) is 0 Å². The van der Waals surface area contributed by atoms with Gasteiger partial charge in [0.25, 0.3) is 5.91 Å². The summed E-state index contributed by atoms with van der Waals surface area (Å²) in [6.45, 7) is 4.54. The van der Waals surface area contributed by atoms with Gasteiger partial charge in [-0.2, -0.15) is 0 Å². The third-order valence-electron chi connectivity index (χ3n) is 4.43. The van der Waals surface area contributed by atoms with Crippen LogP contribution in [-0.4, -0.2) is 29.5 Å². The van der Waals surface area contributed by atoms with Crippen LogP contribution in [0.3, 0.4) is 0 Å². The van der Waals surface area contributed by atoms with Crippen LogP contribution in [0.5, 0.6) is 5.75 Å². The van der Waals surface area contributed by atoms with Gasteiger partial charge >= 0.3 is 0 Å². The molecule has 0 aliphatic carbocycles. The molecule has 0 saturated heterocycles. The highest BCUT2D eigenvalue weighted by Gasteiger charge is 2.10. The Labute approximate surface area is 165 Å². The first-order valence-electron chi connectivity index (χ1n) is 9.13. The van der Waals surface area contributed by atoms with Crippen molar-refractivity contribution in [2.75, 3.05) is 19.0 Å². The minimum absolute atomic E-state index is 0.235. The first-order valence-corrected chi connectivity index (χ1v) is 9.13. The second-order valence-corrected chi connectivity index (χ2v) is 6.55. The van der Waals surface area contributed by atoms with Crippen LogP contribution in [0.4, 0.5) is 11.5 Å². The highest BCUT2D eigenvalue weighted by atomic mass is 16.5. The summed E-state index contributed by atoms with van der Waals surface area (Å²) >= 11 is 0. The first-order chi connectivity index (χ1) is 13.6. The number of hydrogen-bond acceptors (Lipinski definition) is 5. The average Bonchev–Trinajstić information content (AvgIpc) is 2.71. The molecule has 0 radical (unpaired) electrons. The number of ether oxygens (including phenoxy) is 1. The van der Waals surface area contributed by atoms with E-state index in [4.69, 9.17) is 4.74 Å². The molecular formula is C22H24N4O2. The fraction of sp³-hybridized carbons (Fsp3) is 0.227. The van der Waals surface area contributed by atoms with Crippen LogP contribution in [0, 0.1) is 13.8 Å². The molecule has 2 N–H and O–H groups in total. The monoisotopic (exact) mass is 376 g/mol. The predicted molar refractivity (Wildman–Crippen MR) is 110 cm³/mol. The summed E-state index contributed by atoms with van der Waals surface area (Å²) in [4.78, 5) is 20.8. The zero-order valence-electron chi connectivity index (χ0n) is 16.3. The molecular weight excluding hydrogens is 352 g/mol. The van der Waals surface area contributed by atoms with Crippen LogP contribution >= 0.6 is 0 Å². The van der Waals surface area contributed by atoms with E-state index in [1.54, 1.807) is 13.2 Å². The maximum Gasteiger partial charge on any atom is 0.270 e. The van der Waals surface area contributed by atoms with Gasteiger partial charge in [-0.1, -0.05) is 30.3 Å². The Kier molecular flexibility index (Phi) is 6.22. The Balaban J connectivity index is 1.63. The quantitative estimate of drug-likeness (QED) is 0.656. The Morgan fingerprint density at radius 1 is 1.07 bits per heavy atom. The molecule has 2 aromatic carbocycles. The topological polar surface area (TPSA) is 76.1 Å². The Morgan fingerprint density at radius 3 is 2.71 bits per heavy atom. The number of nitrogens with one attached hydrogen (secondary N) is 2. The number of amides is 1. The third-order valence-corrected chi connectivity index (χ3v) is 4.43. The van der Waals surface area contributed by atoms with Crippen LogP contribution in [0.1, 0.15) is 27.2 Å². The van der Waals surface area contributed by atoms with Crippen molar-refractivity contribution < 1.29 is 9.53 Å². The maximum absolute atomic E-state index is 12.5. The number of aromatic nitrogens is 2. The number of nitrogens with zero attached hydrogens (tertiary/aromatic N) is 2. The van der Waals surface area contributed by atoms with Gasteiger partial charge in [0.2, 0.25) is 0 Å². The zero-order valence-corrected chi connectivity index (χ0v) is 16.3. The van der Waals surface area contributed by atoms with Crippen LogP contribution in [0.15, 0.2) is 54.9 Å². The lowest BCUT2D eigenvalue weighted by Crippen LogP contribution is -2.26. The third kappa shape index (κ3) is 4.85. The summed E-state index contributed by atoms with van der Waals surface area (Å²) < 4.78 is 5.34. The van der Waals surface area contributed by atoms with E-state index in [2.05, 4.69) is 26.7 Å². The Hall–Kier alpha value is -3.41. The number of rotatable bonds is 7. The van der Waals surface area contributed by atoms with Gasteiger partial charge in [-0.05, 0) is 49.1 Å². The second-order valence-electron chi connectivity index (χ2n) is 6.55. The van der Waals surface area contributed by atoms with Gasteiger partial charge in [0, 0.05) is 18.3 Å². The highest BCUT2D eigenvalue weighted by molar-refractivity contribution is 5.93. The van der Waals surface area contributed by atoms with E-state index in [-0.39, 0.29) is 5.91 Å². The van der Waals surface area contributed by atoms with E-state index < -0.39 is 0 Å². The SMILES string of the molecule is COc1ccccc1CCNC(=O)c1cc(Nc2cc(C)ccc2C)ncn1. The van der Waals surface area contributed by atoms with Crippen LogP contribution < -0.4 is 15.4 Å². The minimum Gasteiger partial charge on any atom is -0.496 e. The van der Waals surface area contributed by atoms with E-state index >= 15 is 0 Å². The molecule has 0 bridgehead atoms. The molecule has 0 aliphatic heterocycles. The molecule has 0 aliphatic rings. The van der Waals surface area contributed by atoms with Gasteiger partial charge < -0.3 is 15.4 Å². The van der Waals surface area contributed by atoms with E-state index in [0.717, 1.165) is 28.1 Å². The van der Waals surface area contributed by atoms with Gasteiger partial charge in [-0.15, -0.1) is 0 Å². The lowest BCUT2D eigenvalue weighted by molar-refractivity contribution is 0.0949. The summed E-state index contributed by atoms with van der Waals surface area (Å²) in [6.07, 6.45) is 2.07. The highest BCUT2D eigenvalue weighted by Crippen LogP contribution is 2.21. The Morgan fingerprint density at radius 2 is 1.89 bits per heavy atom. The smallest absolute Gasteiger partial charge is 0.270 e. The molecule has 3 rings (SSSR count). The van der Waals surface area contributed by atoms with Gasteiger partial charge in [0.15, 0.2) is 0 Å². The van der Waals surface area contributed by atoms with Crippen LogP contribution in [0.25, 0.3) is 0 Å². The molecule has 0 unspecified atom stereocenters. The summed E-state index contributed by atoms with van der Waals surface area (Å²) in [5.74, 6) is 1.17. The molecule has 0 saturated carbocycles. The second kappa shape index (κ2) is 8.99. The standard InChI is InChI=1S/C22H24N4O2/c1-15-8-9-16(2)18(12-15)26-21-13-19(24-14-25-21)22(27)23-11-10-17-6-4-5-7-20(17)28-3/h4-9,12-14H,10-11H2,1-3H3,(H,23,27)(H,24,25,26). The number of benzene rings is 2. The van der Waals surface area contributed by atoms with E-state index in [0.29, 0.717) is 24.5 Å². The van der Waals surface area contributed by atoms with Crippen molar-refractivity contribution >= 4 is 17.4 Å². The van der Waals surface area contributed by atoms with Crippen molar-refractivity contribution in [3.8, 4) is 5.75 Å². The van der Waals surface area contributed by atoms with Gasteiger partial charge in [0.05, 0.1) is 7.11 Å². The Bertz CT molecular complexity index is 972. The summed E-state index contributed by atoms with van der Waals surface area (Å²) in [7, 11) is 1.64. The molecule has 0 spiro atoms. The molecule has 1 amide bonds.